The van der Waals surface area contributed by atoms with Gasteiger partial charge in [-0.15, -0.1) is 11.3 Å². The van der Waals surface area contributed by atoms with E-state index in [-0.39, 0.29) is 11.9 Å². The average molecular weight is 493 g/mol. The number of hydrogen-bond acceptors (Lipinski definition) is 8. The van der Waals surface area contributed by atoms with Crippen molar-refractivity contribution >= 4 is 39.2 Å². The van der Waals surface area contributed by atoms with E-state index >= 15 is 0 Å². The first-order valence-corrected chi connectivity index (χ1v) is 13.2. The van der Waals surface area contributed by atoms with E-state index in [2.05, 4.69) is 20.6 Å². The summed E-state index contributed by atoms with van der Waals surface area (Å²) in [6.07, 6.45) is 4.41. The van der Waals surface area contributed by atoms with Gasteiger partial charge in [0.15, 0.2) is 0 Å². The van der Waals surface area contributed by atoms with Crippen molar-refractivity contribution in [2.24, 2.45) is 0 Å². The number of thiophene rings is 1. The van der Waals surface area contributed by atoms with Crippen LogP contribution < -0.4 is 10.6 Å². The fourth-order valence-electron chi connectivity index (χ4n) is 4.08. The van der Waals surface area contributed by atoms with Crippen LogP contribution in [-0.2, 0) is 14.8 Å². The van der Waals surface area contributed by atoms with E-state index < -0.39 is 21.6 Å². The molecule has 3 amide bonds. The van der Waals surface area contributed by atoms with Crippen LogP contribution in [0.3, 0.4) is 0 Å². The molecule has 2 aromatic heterocycles. The van der Waals surface area contributed by atoms with Crippen molar-refractivity contribution in [3.63, 3.8) is 0 Å². The second kappa shape index (κ2) is 8.99. The monoisotopic (exact) mass is 492 g/mol. The lowest BCUT2D eigenvalue weighted by atomic mass is 10.0. The molecule has 1 atom stereocenters. The minimum Gasteiger partial charge on any atom is -0.352 e. The molecule has 2 aliphatic rings. The maximum absolute atomic E-state index is 13.1. The summed E-state index contributed by atoms with van der Waals surface area (Å²) in [5.74, 6) is 0.0341. The van der Waals surface area contributed by atoms with E-state index in [1.54, 1.807) is 42.5 Å². The molecule has 0 spiro atoms. The summed E-state index contributed by atoms with van der Waals surface area (Å²) in [5.41, 5.74) is -0.299. The summed E-state index contributed by atoms with van der Waals surface area (Å²) in [6, 6.07) is 4.71. The summed E-state index contributed by atoms with van der Waals surface area (Å²) in [6.45, 7) is 6.54. The van der Waals surface area contributed by atoms with E-state index in [9.17, 15) is 18.0 Å². The molecule has 2 N–H and O–H groups in total. The van der Waals surface area contributed by atoms with Crippen molar-refractivity contribution in [3.8, 4) is 10.6 Å². The number of piperidine rings is 1. The molecular formula is C21H28N6O4S2. The first-order valence-electron chi connectivity index (χ1n) is 10.9. The van der Waals surface area contributed by atoms with Crippen LogP contribution >= 0.6 is 11.3 Å². The SMILES string of the molecule is CC1CCCCN1S(=O)(=O)c1ccc(-c2ccnc(NCCN3C(=O)NC(=O)C3(C)C)n2)s1. The third kappa shape index (κ3) is 4.59. The number of rotatable bonds is 7. The van der Waals surface area contributed by atoms with Gasteiger partial charge in [0.25, 0.3) is 15.9 Å². The second-order valence-electron chi connectivity index (χ2n) is 8.74. The van der Waals surface area contributed by atoms with E-state index in [1.165, 1.54) is 16.2 Å². The normalized spacial score (nSPS) is 21.3. The Bertz CT molecular complexity index is 1160. The molecule has 33 heavy (non-hydrogen) atoms. The molecule has 0 aliphatic carbocycles. The molecule has 1 unspecified atom stereocenters. The second-order valence-corrected chi connectivity index (χ2v) is 11.9. The molecule has 2 fully saturated rings. The van der Waals surface area contributed by atoms with Gasteiger partial charge in [-0.25, -0.2) is 23.2 Å². The summed E-state index contributed by atoms with van der Waals surface area (Å²) in [5, 5.41) is 5.39. The maximum Gasteiger partial charge on any atom is 0.325 e. The standard InChI is InChI=1S/C21H28N6O4S2/c1-14-6-4-5-12-27(14)33(30,31)17-8-7-16(32-17)15-9-10-22-19(24-15)23-11-13-26-20(29)25-18(28)21(26,2)3/h7-10,14H,4-6,11-13H2,1-3H3,(H,22,23,24)(H,25,28,29). The highest BCUT2D eigenvalue weighted by atomic mass is 32.2. The number of nitrogens with one attached hydrogen (secondary N) is 2. The first kappa shape index (κ1) is 23.6. The van der Waals surface area contributed by atoms with Crippen molar-refractivity contribution in [2.45, 2.75) is 55.8 Å². The van der Waals surface area contributed by atoms with Gasteiger partial charge in [-0.2, -0.15) is 4.31 Å². The molecule has 0 bridgehead atoms. The van der Waals surface area contributed by atoms with Crippen LogP contribution in [0.2, 0.25) is 0 Å². The molecule has 2 saturated heterocycles. The number of amides is 3. The number of carbonyl (C=O) groups excluding carboxylic acids is 2. The Kier molecular flexibility index (Phi) is 6.43. The summed E-state index contributed by atoms with van der Waals surface area (Å²) >= 11 is 1.20. The number of imide groups is 1. The summed E-state index contributed by atoms with van der Waals surface area (Å²) in [7, 11) is -3.53. The molecule has 178 valence electrons. The van der Waals surface area contributed by atoms with Gasteiger partial charge in [0.05, 0.1) is 10.6 Å². The first-order chi connectivity index (χ1) is 15.6. The number of aromatic nitrogens is 2. The highest BCUT2D eigenvalue weighted by Crippen LogP contribution is 2.33. The van der Waals surface area contributed by atoms with Gasteiger partial charge < -0.3 is 10.2 Å². The topological polar surface area (TPSA) is 125 Å². The Morgan fingerprint density at radius 1 is 1.24 bits per heavy atom. The minimum atomic E-state index is -3.53. The predicted molar refractivity (Wildman–Crippen MR) is 125 cm³/mol. The fourth-order valence-corrected chi connectivity index (χ4v) is 7.18. The van der Waals surface area contributed by atoms with Gasteiger partial charge >= 0.3 is 6.03 Å². The minimum absolute atomic E-state index is 0.00196. The molecule has 0 aromatic carbocycles. The van der Waals surface area contributed by atoms with Crippen molar-refractivity contribution < 1.29 is 18.0 Å². The van der Waals surface area contributed by atoms with Crippen LogP contribution in [0.15, 0.2) is 28.6 Å². The Labute approximate surface area is 197 Å². The lowest BCUT2D eigenvalue weighted by Crippen LogP contribution is -2.46. The van der Waals surface area contributed by atoms with E-state index in [4.69, 9.17) is 0 Å². The smallest absolute Gasteiger partial charge is 0.325 e. The third-order valence-corrected chi connectivity index (χ3v) is 9.70. The van der Waals surface area contributed by atoms with Crippen LogP contribution in [0.4, 0.5) is 10.7 Å². The molecule has 0 saturated carbocycles. The number of nitrogens with zero attached hydrogens (tertiary/aromatic N) is 4. The number of carbonyl (C=O) groups is 2. The highest BCUT2D eigenvalue weighted by molar-refractivity contribution is 7.91. The molecule has 2 aliphatic heterocycles. The van der Waals surface area contributed by atoms with Crippen molar-refractivity contribution in [2.75, 3.05) is 25.0 Å². The third-order valence-electron chi connectivity index (χ3n) is 6.11. The van der Waals surface area contributed by atoms with E-state index in [0.29, 0.717) is 35.5 Å². The molecule has 12 heteroatoms. The zero-order valence-corrected chi connectivity index (χ0v) is 20.5. The molecule has 0 radical (unpaired) electrons. The number of sulfonamides is 1. The lowest BCUT2D eigenvalue weighted by Gasteiger charge is -2.31. The Morgan fingerprint density at radius 2 is 2.03 bits per heavy atom. The number of anilines is 1. The molecule has 2 aromatic rings. The quantitative estimate of drug-likeness (QED) is 0.569. The zero-order valence-electron chi connectivity index (χ0n) is 18.9. The molecule has 4 rings (SSSR count). The van der Waals surface area contributed by atoms with Gasteiger partial charge in [-0.3, -0.25) is 10.1 Å². The largest absolute Gasteiger partial charge is 0.352 e. The van der Waals surface area contributed by atoms with Gasteiger partial charge in [-0.05, 0) is 51.8 Å². The zero-order chi connectivity index (χ0) is 23.8. The summed E-state index contributed by atoms with van der Waals surface area (Å²) < 4.78 is 28.1. The molecular weight excluding hydrogens is 464 g/mol. The van der Waals surface area contributed by atoms with E-state index in [0.717, 1.165) is 24.1 Å². The van der Waals surface area contributed by atoms with Gasteiger partial charge in [0.2, 0.25) is 5.95 Å². The summed E-state index contributed by atoms with van der Waals surface area (Å²) in [4.78, 5) is 34.8. The molecule has 4 heterocycles. The van der Waals surface area contributed by atoms with Crippen LogP contribution in [0, 0.1) is 0 Å². The number of hydrogen-bond donors (Lipinski definition) is 2. The average Bonchev–Trinajstić information content (AvgIpc) is 3.34. The van der Waals surface area contributed by atoms with Crippen LogP contribution in [-0.4, -0.2) is 70.7 Å². The Hall–Kier alpha value is -2.57. The lowest BCUT2D eigenvalue weighted by molar-refractivity contribution is -0.125. The van der Waals surface area contributed by atoms with E-state index in [1.807, 2.05) is 6.92 Å². The van der Waals surface area contributed by atoms with Crippen molar-refractivity contribution in [1.82, 2.24) is 24.5 Å². The van der Waals surface area contributed by atoms with Crippen LogP contribution in [0.25, 0.3) is 10.6 Å². The highest BCUT2D eigenvalue weighted by Gasteiger charge is 2.45. The van der Waals surface area contributed by atoms with Crippen molar-refractivity contribution in [1.29, 1.82) is 0 Å². The van der Waals surface area contributed by atoms with Crippen LogP contribution in [0.5, 0.6) is 0 Å². The Morgan fingerprint density at radius 3 is 2.73 bits per heavy atom. The van der Waals surface area contributed by atoms with Crippen LogP contribution in [0.1, 0.15) is 40.0 Å². The Balaban J connectivity index is 1.44. The number of urea groups is 1. The maximum atomic E-state index is 13.1. The van der Waals surface area contributed by atoms with Crippen molar-refractivity contribution in [3.05, 3.63) is 24.4 Å². The van der Waals surface area contributed by atoms with Gasteiger partial charge in [0, 0.05) is 31.9 Å². The predicted octanol–water partition coefficient (Wildman–Crippen LogP) is 2.51. The fraction of sp³-hybridized carbons (Fsp3) is 0.524. The van der Waals surface area contributed by atoms with Gasteiger partial charge in [-0.1, -0.05) is 6.42 Å². The molecule has 10 nitrogen and oxygen atoms in total. The van der Waals surface area contributed by atoms with Gasteiger partial charge in [0.1, 0.15) is 9.75 Å².